The summed E-state index contributed by atoms with van der Waals surface area (Å²) in [6.07, 6.45) is 0.255. The summed E-state index contributed by atoms with van der Waals surface area (Å²) in [6.45, 7) is 4.21. The number of hydrogen-bond donors (Lipinski definition) is 2. The number of anilines is 1. The molecule has 0 bridgehead atoms. The summed E-state index contributed by atoms with van der Waals surface area (Å²) < 4.78 is 4.53. The standard InChI is InChI=1S/C11H16N2O3S/c1-6-7(2)17-11(9(6)10(12)15)13-5-4-8(14)16-3/h13H,4-5H2,1-3H3,(H2,12,15). The summed E-state index contributed by atoms with van der Waals surface area (Å²) in [4.78, 5) is 23.3. The van der Waals surface area contributed by atoms with Gasteiger partial charge in [-0.2, -0.15) is 0 Å². The smallest absolute Gasteiger partial charge is 0.307 e. The minimum Gasteiger partial charge on any atom is -0.469 e. The molecular weight excluding hydrogens is 240 g/mol. The molecule has 94 valence electrons. The van der Waals surface area contributed by atoms with Crippen LogP contribution in [0.2, 0.25) is 0 Å². The van der Waals surface area contributed by atoms with Crippen molar-refractivity contribution >= 4 is 28.2 Å². The van der Waals surface area contributed by atoms with E-state index in [9.17, 15) is 9.59 Å². The van der Waals surface area contributed by atoms with Gasteiger partial charge < -0.3 is 15.8 Å². The van der Waals surface area contributed by atoms with Gasteiger partial charge in [0.15, 0.2) is 0 Å². The van der Waals surface area contributed by atoms with Crippen LogP contribution in [0.15, 0.2) is 0 Å². The lowest BCUT2D eigenvalue weighted by Gasteiger charge is -2.05. The quantitative estimate of drug-likeness (QED) is 0.781. The number of nitrogens with two attached hydrogens (primary N) is 1. The Morgan fingerprint density at radius 2 is 2.06 bits per heavy atom. The molecule has 1 heterocycles. The van der Waals surface area contributed by atoms with Crippen LogP contribution in [0.4, 0.5) is 5.00 Å². The summed E-state index contributed by atoms with van der Waals surface area (Å²) in [5.41, 5.74) is 6.73. The molecule has 1 aromatic rings. The van der Waals surface area contributed by atoms with E-state index in [2.05, 4.69) is 10.1 Å². The highest BCUT2D eigenvalue weighted by molar-refractivity contribution is 7.16. The van der Waals surface area contributed by atoms with Gasteiger partial charge in [-0.05, 0) is 19.4 Å². The maximum atomic E-state index is 11.3. The van der Waals surface area contributed by atoms with Crippen LogP contribution in [-0.2, 0) is 9.53 Å². The molecule has 0 radical (unpaired) electrons. The van der Waals surface area contributed by atoms with Gasteiger partial charge in [0.05, 0.1) is 19.1 Å². The van der Waals surface area contributed by atoms with Crippen molar-refractivity contribution in [2.24, 2.45) is 5.73 Å². The van der Waals surface area contributed by atoms with Crippen LogP contribution in [0.3, 0.4) is 0 Å². The van der Waals surface area contributed by atoms with Crippen molar-refractivity contribution in [1.82, 2.24) is 0 Å². The van der Waals surface area contributed by atoms with Crippen molar-refractivity contribution in [3.05, 3.63) is 16.0 Å². The average Bonchev–Trinajstić information content (AvgIpc) is 2.54. The van der Waals surface area contributed by atoms with Gasteiger partial charge >= 0.3 is 5.97 Å². The molecule has 0 aromatic carbocycles. The van der Waals surface area contributed by atoms with Crippen molar-refractivity contribution < 1.29 is 14.3 Å². The molecule has 0 saturated carbocycles. The lowest BCUT2D eigenvalue weighted by molar-refractivity contribution is -0.140. The first-order valence-electron chi connectivity index (χ1n) is 5.17. The number of primary amides is 1. The first-order chi connectivity index (χ1) is 7.97. The molecule has 1 aromatic heterocycles. The number of carbonyl (C=O) groups is 2. The zero-order chi connectivity index (χ0) is 13.0. The second kappa shape index (κ2) is 5.67. The molecule has 0 unspecified atom stereocenters. The third-order valence-corrected chi connectivity index (χ3v) is 3.64. The lowest BCUT2D eigenvalue weighted by atomic mass is 10.1. The summed E-state index contributed by atoms with van der Waals surface area (Å²) in [7, 11) is 1.34. The van der Waals surface area contributed by atoms with Crippen LogP contribution in [0.25, 0.3) is 0 Å². The average molecular weight is 256 g/mol. The molecule has 1 amide bonds. The van der Waals surface area contributed by atoms with E-state index in [1.807, 2.05) is 13.8 Å². The molecular formula is C11H16N2O3S. The van der Waals surface area contributed by atoms with Crippen LogP contribution in [0.1, 0.15) is 27.2 Å². The number of hydrogen-bond acceptors (Lipinski definition) is 5. The predicted molar refractivity (Wildman–Crippen MR) is 67.4 cm³/mol. The summed E-state index contributed by atoms with van der Waals surface area (Å²) in [5, 5.41) is 3.76. The first-order valence-corrected chi connectivity index (χ1v) is 5.99. The molecule has 1 rings (SSSR count). The molecule has 0 saturated heterocycles. The van der Waals surface area contributed by atoms with E-state index in [-0.39, 0.29) is 12.4 Å². The van der Waals surface area contributed by atoms with E-state index in [4.69, 9.17) is 5.73 Å². The fraction of sp³-hybridized carbons (Fsp3) is 0.455. The largest absolute Gasteiger partial charge is 0.469 e. The third kappa shape index (κ3) is 3.20. The Morgan fingerprint density at radius 1 is 1.41 bits per heavy atom. The van der Waals surface area contributed by atoms with Crippen LogP contribution < -0.4 is 11.1 Å². The number of ether oxygens (including phenoxy) is 1. The maximum Gasteiger partial charge on any atom is 0.307 e. The van der Waals surface area contributed by atoms with E-state index in [1.165, 1.54) is 18.4 Å². The molecule has 0 spiro atoms. The van der Waals surface area contributed by atoms with E-state index < -0.39 is 5.91 Å². The topological polar surface area (TPSA) is 81.4 Å². The molecule has 0 atom stereocenters. The summed E-state index contributed by atoms with van der Waals surface area (Å²) in [6, 6.07) is 0. The van der Waals surface area contributed by atoms with Gasteiger partial charge in [0.1, 0.15) is 5.00 Å². The second-order valence-electron chi connectivity index (χ2n) is 3.60. The Labute approximate surface area is 104 Å². The molecule has 0 aliphatic heterocycles. The van der Waals surface area contributed by atoms with Crippen LogP contribution >= 0.6 is 11.3 Å². The van der Waals surface area contributed by atoms with E-state index in [0.717, 1.165) is 15.4 Å². The van der Waals surface area contributed by atoms with Crippen molar-refractivity contribution in [2.45, 2.75) is 20.3 Å². The Morgan fingerprint density at radius 3 is 2.59 bits per heavy atom. The monoisotopic (exact) mass is 256 g/mol. The second-order valence-corrected chi connectivity index (χ2v) is 4.83. The molecule has 17 heavy (non-hydrogen) atoms. The number of esters is 1. The van der Waals surface area contributed by atoms with E-state index >= 15 is 0 Å². The van der Waals surface area contributed by atoms with Crippen LogP contribution in [0.5, 0.6) is 0 Å². The van der Waals surface area contributed by atoms with Crippen LogP contribution in [0, 0.1) is 13.8 Å². The van der Waals surface area contributed by atoms with Crippen molar-refractivity contribution in [2.75, 3.05) is 19.0 Å². The number of rotatable bonds is 5. The Bertz CT molecular complexity index is 440. The van der Waals surface area contributed by atoms with Gasteiger partial charge in [-0.15, -0.1) is 11.3 Å². The molecule has 0 fully saturated rings. The zero-order valence-corrected chi connectivity index (χ0v) is 10.9. The maximum absolute atomic E-state index is 11.3. The minimum absolute atomic E-state index is 0.255. The number of amides is 1. The van der Waals surface area contributed by atoms with Gasteiger partial charge in [0, 0.05) is 11.4 Å². The van der Waals surface area contributed by atoms with Crippen molar-refractivity contribution in [3.63, 3.8) is 0 Å². The SMILES string of the molecule is COC(=O)CCNc1sc(C)c(C)c1C(N)=O. The van der Waals surface area contributed by atoms with Gasteiger partial charge in [-0.1, -0.05) is 0 Å². The zero-order valence-electron chi connectivity index (χ0n) is 10.1. The minimum atomic E-state index is -0.451. The predicted octanol–water partition coefficient (Wildman–Crippen LogP) is 1.44. The third-order valence-electron chi connectivity index (χ3n) is 2.47. The Balaban J connectivity index is 2.74. The highest BCUT2D eigenvalue weighted by Crippen LogP contribution is 2.31. The van der Waals surface area contributed by atoms with Crippen LogP contribution in [-0.4, -0.2) is 25.5 Å². The number of nitrogens with one attached hydrogen (secondary N) is 1. The number of aryl methyl sites for hydroxylation is 1. The van der Waals surface area contributed by atoms with E-state index in [1.54, 1.807) is 0 Å². The Kier molecular flexibility index (Phi) is 4.51. The van der Waals surface area contributed by atoms with Crippen molar-refractivity contribution in [3.8, 4) is 0 Å². The number of methoxy groups -OCH3 is 1. The highest BCUT2D eigenvalue weighted by atomic mass is 32.1. The fourth-order valence-corrected chi connectivity index (χ4v) is 2.52. The van der Waals surface area contributed by atoms with Gasteiger partial charge in [-0.3, -0.25) is 9.59 Å². The lowest BCUT2D eigenvalue weighted by Crippen LogP contribution is -2.15. The van der Waals surface area contributed by atoms with Gasteiger partial charge in [-0.25, -0.2) is 0 Å². The molecule has 3 N–H and O–H groups in total. The highest BCUT2D eigenvalue weighted by Gasteiger charge is 2.16. The Hall–Kier alpha value is -1.56. The number of thiophene rings is 1. The molecule has 6 heteroatoms. The van der Waals surface area contributed by atoms with Crippen molar-refractivity contribution in [1.29, 1.82) is 0 Å². The number of carbonyl (C=O) groups excluding carboxylic acids is 2. The molecule has 5 nitrogen and oxygen atoms in total. The van der Waals surface area contributed by atoms with Gasteiger partial charge in [0.25, 0.3) is 5.91 Å². The van der Waals surface area contributed by atoms with Gasteiger partial charge in [0.2, 0.25) is 0 Å². The first kappa shape index (κ1) is 13.5. The normalized spacial score (nSPS) is 10.1. The molecule has 0 aliphatic carbocycles. The summed E-state index contributed by atoms with van der Waals surface area (Å²) >= 11 is 1.46. The fourth-order valence-electron chi connectivity index (χ4n) is 1.43. The molecule has 0 aliphatic rings. The van der Waals surface area contributed by atoms with E-state index in [0.29, 0.717) is 12.1 Å². The summed E-state index contributed by atoms with van der Waals surface area (Å²) in [5.74, 6) is -0.740.